The highest BCUT2D eigenvalue weighted by Gasteiger charge is 2.18. The number of amidine groups is 1. The van der Waals surface area contributed by atoms with Crippen LogP contribution in [0.2, 0.25) is 0 Å². The summed E-state index contributed by atoms with van der Waals surface area (Å²) in [5.74, 6) is 1.40. The molecular weight excluding hydrogens is 214 g/mol. The second kappa shape index (κ2) is 5.12. The first kappa shape index (κ1) is 11.8. The summed E-state index contributed by atoms with van der Waals surface area (Å²) in [5, 5.41) is 7.37. The third-order valence-electron chi connectivity index (χ3n) is 3.27. The van der Waals surface area contributed by atoms with Gasteiger partial charge in [0.1, 0.15) is 11.5 Å². The molecule has 0 bridgehead atoms. The summed E-state index contributed by atoms with van der Waals surface area (Å²) in [7, 11) is 2.00. The van der Waals surface area contributed by atoms with Crippen molar-refractivity contribution in [1.82, 2.24) is 9.97 Å². The predicted molar refractivity (Wildman–Crippen MR) is 68.3 cm³/mol. The van der Waals surface area contributed by atoms with E-state index in [1.807, 2.05) is 7.05 Å². The predicted octanol–water partition coefficient (Wildman–Crippen LogP) is 1.39. The van der Waals surface area contributed by atoms with E-state index in [1.165, 1.54) is 25.7 Å². The Morgan fingerprint density at radius 1 is 1.53 bits per heavy atom. The van der Waals surface area contributed by atoms with Crippen LogP contribution < -0.4 is 10.6 Å². The van der Waals surface area contributed by atoms with Gasteiger partial charge in [0.15, 0.2) is 0 Å². The van der Waals surface area contributed by atoms with Crippen LogP contribution in [0.5, 0.6) is 0 Å². The second-order valence-electron chi connectivity index (χ2n) is 4.69. The molecule has 5 heteroatoms. The van der Waals surface area contributed by atoms with Crippen molar-refractivity contribution < 1.29 is 0 Å². The first-order chi connectivity index (χ1) is 8.16. The Kier molecular flexibility index (Phi) is 3.56. The number of aromatic nitrogens is 2. The lowest BCUT2D eigenvalue weighted by atomic mass is 10.1. The summed E-state index contributed by atoms with van der Waals surface area (Å²) in [6.07, 6.45) is 6.94. The molecule has 1 aliphatic rings. The third kappa shape index (κ3) is 2.93. The third-order valence-corrected chi connectivity index (χ3v) is 3.27. The SMILES string of the molecule is CN(CC1CCCC1)c1nccc(C(=N)N)n1. The Bertz CT molecular complexity index is 398. The van der Waals surface area contributed by atoms with Gasteiger partial charge in [0, 0.05) is 19.8 Å². The van der Waals surface area contributed by atoms with Crippen LogP contribution in [-0.2, 0) is 0 Å². The average molecular weight is 233 g/mol. The van der Waals surface area contributed by atoms with Crippen molar-refractivity contribution >= 4 is 11.8 Å². The highest BCUT2D eigenvalue weighted by Crippen LogP contribution is 2.25. The van der Waals surface area contributed by atoms with E-state index in [0.717, 1.165) is 12.5 Å². The smallest absolute Gasteiger partial charge is 0.225 e. The molecule has 0 spiro atoms. The Labute approximate surface area is 102 Å². The Balaban J connectivity index is 2.04. The molecule has 0 atom stereocenters. The van der Waals surface area contributed by atoms with Crippen LogP contribution in [0.3, 0.4) is 0 Å². The lowest BCUT2D eigenvalue weighted by Gasteiger charge is -2.21. The van der Waals surface area contributed by atoms with Gasteiger partial charge in [-0.05, 0) is 24.8 Å². The highest BCUT2D eigenvalue weighted by atomic mass is 15.2. The van der Waals surface area contributed by atoms with Gasteiger partial charge >= 0.3 is 0 Å². The molecule has 1 aromatic heterocycles. The number of rotatable bonds is 4. The van der Waals surface area contributed by atoms with E-state index in [-0.39, 0.29) is 5.84 Å². The average Bonchev–Trinajstić information content (AvgIpc) is 2.82. The summed E-state index contributed by atoms with van der Waals surface area (Å²) in [6, 6.07) is 1.66. The van der Waals surface area contributed by atoms with Crippen molar-refractivity contribution in [2.75, 3.05) is 18.5 Å². The fraction of sp³-hybridized carbons (Fsp3) is 0.583. The number of anilines is 1. The topological polar surface area (TPSA) is 78.9 Å². The number of hydrogen-bond acceptors (Lipinski definition) is 4. The maximum Gasteiger partial charge on any atom is 0.225 e. The molecule has 3 N–H and O–H groups in total. The Morgan fingerprint density at radius 2 is 2.24 bits per heavy atom. The summed E-state index contributed by atoms with van der Waals surface area (Å²) in [6.45, 7) is 0.987. The minimum Gasteiger partial charge on any atom is -0.382 e. The number of nitrogens with one attached hydrogen (secondary N) is 1. The van der Waals surface area contributed by atoms with Crippen LogP contribution in [0.25, 0.3) is 0 Å². The molecule has 0 saturated heterocycles. The van der Waals surface area contributed by atoms with E-state index in [2.05, 4.69) is 14.9 Å². The van der Waals surface area contributed by atoms with E-state index in [0.29, 0.717) is 11.6 Å². The molecule has 1 heterocycles. The second-order valence-corrected chi connectivity index (χ2v) is 4.69. The quantitative estimate of drug-likeness (QED) is 0.608. The summed E-state index contributed by atoms with van der Waals surface area (Å²) >= 11 is 0. The molecule has 1 fully saturated rings. The summed E-state index contributed by atoms with van der Waals surface area (Å²) in [4.78, 5) is 10.6. The summed E-state index contributed by atoms with van der Waals surface area (Å²) in [5.41, 5.74) is 5.91. The normalized spacial score (nSPS) is 16.1. The Morgan fingerprint density at radius 3 is 2.88 bits per heavy atom. The molecule has 1 aromatic rings. The molecule has 17 heavy (non-hydrogen) atoms. The van der Waals surface area contributed by atoms with E-state index in [4.69, 9.17) is 11.1 Å². The number of nitrogens with zero attached hydrogens (tertiary/aromatic N) is 3. The largest absolute Gasteiger partial charge is 0.382 e. The van der Waals surface area contributed by atoms with E-state index < -0.39 is 0 Å². The Hall–Kier alpha value is -1.65. The van der Waals surface area contributed by atoms with Gasteiger partial charge in [-0.3, -0.25) is 5.41 Å². The zero-order valence-corrected chi connectivity index (χ0v) is 10.2. The van der Waals surface area contributed by atoms with Gasteiger partial charge in [0.05, 0.1) is 0 Å². The number of hydrogen-bond donors (Lipinski definition) is 2. The van der Waals surface area contributed by atoms with Gasteiger partial charge in [-0.15, -0.1) is 0 Å². The molecule has 2 rings (SSSR count). The van der Waals surface area contributed by atoms with E-state index in [1.54, 1.807) is 12.3 Å². The molecule has 0 aromatic carbocycles. The fourth-order valence-corrected chi connectivity index (χ4v) is 2.34. The molecule has 0 unspecified atom stereocenters. The molecule has 1 saturated carbocycles. The zero-order chi connectivity index (χ0) is 12.3. The number of nitrogen functional groups attached to an aromatic ring is 1. The van der Waals surface area contributed by atoms with Crippen LogP contribution in [0.15, 0.2) is 12.3 Å². The van der Waals surface area contributed by atoms with Gasteiger partial charge in [-0.2, -0.15) is 0 Å². The van der Waals surface area contributed by atoms with Crippen molar-refractivity contribution in [2.24, 2.45) is 11.7 Å². The lowest BCUT2D eigenvalue weighted by molar-refractivity contribution is 0.542. The lowest BCUT2D eigenvalue weighted by Crippen LogP contribution is -2.26. The first-order valence-electron chi connectivity index (χ1n) is 6.05. The fourth-order valence-electron chi connectivity index (χ4n) is 2.34. The molecule has 0 aliphatic heterocycles. The van der Waals surface area contributed by atoms with Crippen LogP contribution in [0, 0.1) is 11.3 Å². The minimum atomic E-state index is -0.0112. The first-order valence-corrected chi connectivity index (χ1v) is 6.05. The summed E-state index contributed by atoms with van der Waals surface area (Å²) < 4.78 is 0. The maximum atomic E-state index is 7.37. The van der Waals surface area contributed by atoms with Gasteiger partial charge < -0.3 is 10.6 Å². The van der Waals surface area contributed by atoms with Crippen molar-refractivity contribution in [2.45, 2.75) is 25.7 Å². The molecule has 92 valence electrons. The van der Waals surface area contributed by atoms with Crippen molar-refractivity contribution in [3.05, 3.63) is 18.0 Å². The van der Waals surface area contributed by atoms with Crippen LogP contribution >= 0.6 is 0 Å². The maximum absolute atomic E-state index is 7.37. The molecule has 1 aliphatic carbocycles. The molecule has 0 radical (unpaired) electrons. The van der Waals surface area contributed by atoms with Crippen LogP contribution in [0.4, 0.5) is 5.95 Å². The molecule has 5 nitrogen and oxygen atoms in total. The van der Waals surface area contributed by atoms with Gasteiger partial charge in [0.25, 0.3) is 0 Å². The number of nitrogens with two attached hydrogens (primary N) is 1. The van der Waals surface area contributed by atoms with Gasteiger partial charge in [-0.1, -0.05) is 12.8 Å². The van der Waals surface area contributed by atoms with Gasteiger partial charge in [-0.25, -0.2) is 9.97 Å². The van der Waals surface area contributed by atoms with Crippen LogP contribution in [0.1, 0.15) is 31.4 Å². The molecular formula is C12H19N5. The van der Waals surface area contributed by atoms with Crippen LogP contribution in [-0.4, -0.2) is 29.4 Å². The molecule has 0 amide bonds. The van der Waals surface area contributed by atoms with E-state index >= 15 is 0 Å². The van der Waals surface area contributed by atoms with Crippen molar-refractivity contribution in [1.29, 1.82) is 5.41 Å². The van der Waals surface area contributed by atoms with E-state index in [9.17, 15) is 0 Å². The standard InChI is InChI=1S/C12H19N5/c1-17(8-9-4-2-3-5-9)12-15-7-6-10(16-12)11(13)14/h6-7,9H,2-5,8H2,1H3,(H3,13,14). The van der Waals surface area contributed by atoms with Crippen molar-refractivity contribution in [3.63, 3.8) is 0 Å². The van der Waals surface area contributed by atoms with Crippen molar-refractivity contribution in [3.8, 4) is 0 Å². The zero-order valence-electron chi connectivity index (χ0n) is 10.2. The van der Waals surface area contributed by atoms with Gasteiger partial charge in [0.2, 0.25) is 5.95 Å². The minimum absolute atomic E-state index is 0.0112. The monoisotopic (exact) mass is 233 g/mol. The highest BCUT2D eigenvalue weighted by molar-refractivity contribution is 5.93.